The van der Waals surface area contributed by atoms with Gasteiger partial charge in [-0.25, -0.2) is 9.67 Å². The van der Waals surface area contributed by atoms with Gasteiger partial charge < -0.3 is 4.90 Å². The van der Waals surface area contributed by atoms with Gasteiger partial charge in [-0.3, -0.25) is 19.7 Å². The monoisotopic (exact) mass is 408 g/mol. The van der Waals surface area contributed by atoms with Crippen molar-refractivity contribution in [2.45, 2.75) is 32.4 Å². The van der Waals surface area contributed by atoms with Crippen LogP contribution in [-0.4, -0.2) is 48.6 Å². The molecule has 0 bridgehead atoms. The second-order valence-electron chi connectivity index (χ2n) is 7.04. The molecule has 0 saturated carbocycles. The van der Waals surface area contributed by atoms with Crippen molar-refractivity contribution < 1.29 is 14.4 Å². The van der Waals surface area contributed by atoms with Crippen molar-refractivity contribution in [3.8, 4) is 17.1 Å². The van der Waals surface area contributed by atoms with Gasteiger partial charge in [-0.05, 0) is 37.1 Å². The molecule has 1 saturated heterocycles. The number of piperidine rings is 1. The van der Waals surface area contributed by atoms with Crippen molar-refractivity contribution in [3.05, 3.63) is 45.9 Å². The van der Waals surface area contributed by atoms with E-state index < -0.39 is 11.9 Å². The minimum absolute atomic E-state index is 0.196. The number of fused-ring (bicyclic) bond motifs is 1. The smallest absolute Gasteiger partial charge is 0.255 e. The molecule has 146 valence electrons. The van der Waals surface area contributed by atoms with Crippen molar-refractivity contribution in [3.63, 3.8) is 0 Å². The predicted octanol–water partition coefficient (Wildman–Crippen LogP) is 1.46. The van der Waals surface area contributed by atoms with Crippen LogP contribution in [0.5, 0.6) is 0 Å². The molecule has 1 atom stereocenters. The first-order valence-corrected chi connectivity index (χ1v) is 10.0. The van der Waals surface area contributed by atoms with E-state index in [4.69, 9.17) is 0 Å². The molecule has 1 unspecified atom stereocenters. The van der Waals surface area contributed by atoms with E-state index in [1.807, 2.05) is 18.4 Å². The van der Waals surface area contributed by atoms with E-state index in [1.165, 1.54) is 4.90 Å². The summed E-state index contributed by atoms with van der Waals surface area (Å²) in [4.78, 5) is 42.3. The van der Waals surface area contributed by atoms with Crippen LogP contribution < -0.4 is 5.32 Å². The fourth-order valence-corrected chi connectivity index (χ4v) is 4.30. The number of rotatable bonds is 3. The maximum Gasteiger partial charge on any atom is 0.255 e. The van der Waals surface area contributed by atoms with Crippen molar-refractivity contribution >= 4 is 29.1 Å². The molecule has 9 nitrogen and oxygen atoms in total. The van der Waals surface area contributed by atoms with E-state index in [0.29, 0.717) is 24.2 Å². The van der Waals surface area contributed by atoms with Gasteiger partial charge >= 0.3 is 0 Å². The molecule has 3 amide bonds. The SMILES string of the molecule is Cc1nc(-c2cn(-c3ccc4c(c3)CN(C3CCC(=O)NC3=O)C4=O)nn2)cs1. The Morgan fingerprint density at radius 2 is 2.07 bits per heavy atom. The van der Waals surface area contributed by atoms with Crippen molar-refractivity contribution in [2.75, 3.05) is 0 Å². The summed E-state index contributed by atoms with van der Waals surface area (Å²) in [6.07, 6.45) is 2.38. The molecule has 0 aliphatic carbocycles. The van der Waals surface area contributed by atoms with Gasteiger partial charge in [0.25, 0.3) is 5.91 Å². The maximum absolute atomic E-state index is 12.8. The Labute approximate surface area is 169 Å². The lowest BCUT2D eigenvalue weighted by Gasteiger charge is -2.29. The van der Waals surface area contributed by atoms with E-state index in [-0.39, 0.29) is 18.2 Å². The molecule has 2 aliphatic heterocycles. The van der Waals surface area contributed by atoms with Gasteiger partial charge in [0.05, 0.1) is 16.9 Å². The third kappa shape index (κ3) is 3.01. The lowest BCUT2D eigenvalue weighted by Crippen LogP contribution is -2.52. The number of aryl methyl sites for hydroxylation is 1. The Morgan fingerprint density at radius 3 is 2.83 bits per heavy atom. The topological polar surface area (TPSA) is 110 Å². The largest absolute Gasteiger partial charge is 0.322 e. The van der Waals surface area contributed by atoms with E-state index in [1.54, 1.807) is 34.3 Å². The van der Waals surface area contributed by atoms with Crippen molar-refractivity contribution in [1.82, 2.24) is 30.2 Å². The minimum atomic E-state index is -0.623. The first kappa shape index (κ1) is 17.7. The number of benzene rings is 1. The molecule has 0 radical (unpaired) electrons. The van der Waals surface area contributed by atoms with Gasteiger partial charge in [0, 0.05) is 23.9 Å². The number of carbonyl (C=O) groups excluding carboxylic acids is 3. The zero-order chi connectivity index (χ0) is 20.1. The van der Waals surface area contributed by atoms with Crippen LogP contribution in [0.4, 0.5) is 0 Å². The van der Waals surface area contributed by atoms with Gasteiger partial charge in [0.1, 0.15) is 17.4 Å². The second kappa shape index (κ2) is 6.59. The minimum Gasteiger partial charge on any atom is -0.322 e. The lowest BCUT2D eigenvalue weighted by atomic mass is 10.0. The van der Waals surface area contributed by atoms with Crippen LogP contribution in [-0.2, 0) is 16.1 Å². The van der Waals surface area contributed by atoms with E-state index >= 15 is 0 Å². The number of hydrogen-bond acceptors (Lipinski definition) is 7. The zero-order valence-corrected chi connectivity index (χ0v) is 16.3. The number of amides is 3. The lowest BCUT2D eigenvalue weighted by molar-refractivity contribution is -0.136. The summed E-state index contributed by atoms with van der Waals surface area (Å²) in [7, 11) is 0. The molecule has 5 rings (SSSR count). The molecule has 2 aromatic heterocycles. The van der Waals surface area contributed by atoms with Crippen LogP contribution >= 0.6 is 11.3 Å². The molecular weight excluding hydrogens is 392 g/mol. The summed E-state index contributed by atoms with van der Waals surface area (Å²) in [5.74, 6) is -0.907. The number of aromatic nitrogens is 4. The van der Waals surface area contributed by atoms with Crippen LogP contribution in [0.15, 0.2) is 29.8 Å². The molecule has 1 N–H and O–H groups in total. The van der Waals surface area contributed by atoms with Crippen LogP contribution in [0.1, 0.15) is 33.8 Å². The summed E-state index contributed by atoms with van der Waals surface area (Å²) >= 11 is 1.55. The molecular formula is C19H16N6O3S. The van der Waals surface area contributed by atoms with E-state index in [2.05, 4.69) is 20.6 Å². The van der Waals surface area contributed by atoms with Crippen molar-refractivity contribution in [2.24, 2.45) is 0 Å². The average molecular weight is 408 g/mol. The van der Waals surface area contributed by atoms with Crippen LogP contribution in [0.3, 0.4) is 0 Å². The molecule has 10 heteroatoms. The highest BCUT2D eigenvalue weighted by atomic mass is 32.1. The fourth-order valence-electron chi connectivity index (χ4n) is 3.69. The summed E-state index contributed by atoms with van der Waals surface area (Å²) in [5.41, 5.74) is 3.61. The second-order valence-corrected chi connectivity index (χ2v) is 8.10. The van der Waals surface area contributed by atoms with E-state index in [0.717, 1.165) is 22.0 Å². The molecule has 3 aromatic rings. The summed E-state index contributed by atoms with van der Waals surface area (Å²) in [6.45, 7) is 2.26. The number of hydrogen-bond donors (Lipinski definition) is 1. The summed E-state index contributed by atoms with van der Waals surface area (Å²) in [5, 5.41) is 13.6. The van der Waals surface area contributed by atoms with Gasteiger partial charge in [-0.2, -0.15) is 0 Å². The standard InChI is InChI=1S/C19H16N6O3S/c1-10-20-15(9-29-10)14-8-25(23-22-14)12-2-3-13-11(6-12)7-24(19(13)28)16-4-5-17(26)21-18(16)27/h2-3,6,8-9,16H,4-5,7H2,1H3,(H,21,26,27). The number of carbonyl (C=O) groups is 3. The number of thiazole rings is 1. The molecule has 1 aromatic carbocycles. The van der Waals surface area contributed by atoms with Gasteiger partial charge in [-0.1, -0.05) is 5.21 Å². The Hall–Kier alpha value is -3.40. The van der Waals surface area contributed by atoms with Crippen LogP contribution in [0.2, 0.25) is 0 Å². The third-order valence-corrected chi connectivity index (χ3v) is 5.92. The Balaban J connectivity index is 1.41. The number of nitrogens with zero attached hydrogens (tertiary/aromatic N) is 5. The normalized spacial score (nSPS) is 18.9. The highest BCUT2D eigenvalue weighted by molar-refractivity contribution is 7.09. The summed E-state index contributed by atoms with van der Waals surface area (Å²) < 4.78 is 1.64. The predicted molar refractivity (Wildman–Crippen MR) is 103 cm³/mol. The summed E-state index contributed by atoms with van der Waals surface area (Å²) in [6, 6.07) is 4.80. The number of nitrogens with one attached hydrogen (secondary N) is 1. The molecule has 1 fully saturated rings. The van der Waals surface area contributed by atoms with E-state index in [9.17, 15) is 14.4 Å². The molecule has 2 aliphatic rings. The van der Waals surface area contributed by atoms with Crippen molar-refractivity contribution in [1.29, 1.82) is 0 Å². The molecule has 0 spiro atoms. The average Bonchev–Trinajstić information content (AvgIpc) is 3.41. The fraction of sp³-hybridized carbons (Fsp3) is 0.263. The Morgan fingerprint density at radius 1 is 1.21 bits per heavy atom. The maximum atomic E-state index is 12.8. The van der Waals surface area contributed by atoms with Crippen LogP contribution in [0, 0.1) is 6.92 Å². The highest BCUT2D eigenvalue weighted by Crippen LogP contribution is 2.29. The first-order valence-electron chi connectivity index (χ1n) is 9.12. The van der Waals surface area contributed by atoms with Gasteiger partial charge in [0.2, 0.25) is 11.8 Å². The first-order chi connectivity index (χ1) is 14.0. The Kier molecular flexibility index (Phi) is 4.02. The quantitative estimate of drug-likeness (QED) is 0.657. The van der Waals surface area contributed by atoms with Gasteiger partial charge in [0.15, 0.2) is 0 Å². The highest BCUT2D eigenvalue weighted by Gasteiger charge is 2.39. The van der Waals surface area contributed by atoms with Gasteiger partial charge in [-0.15, -0.1) is 16.4 Å². The molecule has 4 heterocycles. The zero-order valence-electron chi connectivity index (χ0n) is 15.5. The number of imide groups is 1. The van der Waals surface area contributed by atoms with Crippen LogP contribution in [0.25, 0.3) is 17.1 Å². The third-order valence-electron chi connectivity index (χ3n) is 5.15. The molecule has 29 heavy (non-hydrogen) atoms. The Bertz CT molecular complexity index is 1170.